The van der Waals surface area contributed by atoms with E-state index in [1.54, 1.807) is 0 Å². The monoisotopic (exact) mass is 244 g/mol. The van der Waals surface area contributed by atoms with Gasteiger partial charge < -0.3 is 0 Å². The molecule has 2 heteroatoms. The Kier molecular flexibility index (Phi) is 4.56. The lowest BCUT2D eigenvalue weighted by atomic mass is 9.91. The van der Waals surface area contributed by atoms with E-state index in [4.69, 9.17) is 5.84 Å². The van der Waals surface area contributed by atoms with Crippen LogP contribution in [-0.4, -0.2) is 0 Å². The Bertz CT molecular complexity index is 435. The van der Waals surface area contributed by atoms with Gasteiger partial charge in [0, 0.05) is 0 Å². The van der Waals surface area contributed by atoms with Crippen LogP contribution in [0.3, 0.4) is 0 Å². The van der Waals surface area contributed by atoms with Crippen LogP contribution in [0.2, 0.25) is 0 Å². The Labute approximate surface area is 110 Å². The number of allylic oxidation sites excluding steroid dienone is 1. The third kappa shape index (κ3) is 3.01. The molecular formula is C16H24N2. The quantitative estimate of drug-likeness (QED) is 0.483. The molecule has 1 aliphatic carbocycles. The summed E-state index contributed by atoms with van der Waals surface area (Å²) in [6.07, 6.45) is 8.69. The average Bonchev–Trinajstić information content (AvgIpc) is 2.64. The number of aryl methyl sites for hydroxylation is 2. The van der Waals surface area contributed by atoms with Crippen molar-refractivity contribution in [3.05, 3.63) is 46.5 Å². The molecule has 1 aromatic rings. The first-order valence-corrected chi connectivity index (χ1v) is 6.94. The van der Waals surface area contributed by atoms with Crippen LogP contribution in [-0.2, 0) is 0 Å². The Hall–Kier alpha value is -1.12. The fourth-order valence-electron chi connectivity index (χ4n) is 2.77. The SMILES string of the molecule is Cc1ccc(C)c(C(NN)C2=CCCCCC2)c1. The van der Waals surface area contributed by atoms with E-state index in [1.165, 1.54) is 54.4 Å². The number of rotatable bonds is 3. The van der Waals surface area contributed by atoms with Crippen LogP contribution < -0.4 is 11.3 Å². The van der Waals surface area contributed by atoms with Crippen molar-refractivity contribution in [3.8, 4) is 0 Å². The second-order valence-corrected chi connectivity index (χ2v) is 5.34. The van der Waals surface area contributed by atoms with Crippen molar-refractivity contribution < 1.29 is 0 Å². The Morgan fingerprint density at radius 3 is 2.78 bits per heavy atom. The normalized spacial score (nSPS) is 18.1. The summed E-state index contributed by atoms with van der Waals surface area (Å²) in [7, 11) is 0. The summed E-state index contributed by atoms with van der Waals surface area (Å²) in [6, 6.07) is 6.79. The van der Waals surface area contributed by atoms with Gasteiger partial charge in [-0.15, -0.1) is 0 Å². The zero-order valence-electron chi connectivity index (χ0n) is 11.5. The summed E-state index contributed by atoms with van der Waals surface area (Å²) in [5.41, 5.74) is 8.41. The number of nitrogens with two attached hydrogens (primary N) is 1. The Balaban J connectivity index is 2.32. The Morgan fingerprint density at radius 1 is 1.17 bits per heavy atom. The molecule has 0 radical (unpaired) electrons. The van der Waals surface area contributed by atoms with E-state index in [-0.39, 0.29) is 6.04 Å². The van der Waals surface area contributed by atoms with Gasteiger partial charge in [0.25, 0.3) is 0 Å². The summed E-state index contributed by atoms with van der Waals surface area (Å²) in [5.74, 6) is 5.81. The molecule has 1 unspecified atom stereocenters. The van der Waals surface area contributed by atoms with Crippen molar-refractivity contribution in [1.29, 1.82) is 0 Å². The van der Waals surface area contributed by atoms with Gasteiger partial charge in [0.05, 0.1) is 6.04 Å². The van der Waals surface area contributed by atoms with E-state index in [2.05, 4.69) is 43.5 Å². The molecule has 1 aromatic carbocycles. The first kappa shape index (κ1) is 13.3. The Morgan fingerprint density at radius 2 is 2.00 bits per heavy atom. The van der Waals surface area contributed by atoms with Gasteiger partial charge in [0.15, 0.2) is 0 Å². The van der Waals surface area contributed by atoms with Gasteiger partial charge in [0.1, 0.15) is 0 Å². The van der Waals surface area contributed by atoms with E-state index in [1.807, 2.05) is 0 Å². The lowest BCUT2D eigenvalue weighted by Crippen LogP contribution is -2.30. The number of nitrogens with one attached hydrogen (secondary N) is 1. The van der Waals surface area contributed by atoms with Gasteiger partial charge in [-0.3, -0.25) is 5.84 Å². The second kappa shape index (κ2) is 6.17. The molecule has 2 rings (SSSR count). The van der Waals surface area contributed by atoms with Crippen LogP contribution in [0.1, 0.15) is 54.8 Å². The van der Waals surface area contributed by atoms with Crippen molar-refractivity contribution in [2.75, 3.05) is 0 Å². The van der Waals surface area contributed by atoms with Crippen LogP contribution in [0, 0.1) is 13.8 Å². The first-order valence-electron chi connectivity index (χ1n) is 6.94. The van der Waals surface area contributed by atoms with Gasteiger partial charge in [-0.1, -0.05) is 41.8 Å². The third-order valence-corrected chi connectivity index (χ3v) is 3.86. The molecule has 3 N–H and O–H groups in total. The van der Waals surface area contributed by atoms with E-state index >= 15 is 0 Å². The molecule has 1 atom stereocenters. The molecule has 0 aliphatic heterocycles. The van der Waals surface area contributed by atoms with E-state index in [9.17, 15) is 0 Å². The van der Waals surface area contributed by atoms with E-state index < -0.39 is 0 Å². The van der Waals surface area contributed by atoms with Crippen LogP contribution in [0.4, 0.5) is 0 Å². The molecule has 0 aromatic heterocycles. The predicted octanol–water partition coefficient (Wildman–Crippen LogP) is 3.70. The molecule has 0 spiro atoms. The maximum atomic E-state index is 5.81. The number of hydrazine groups is 1. The summed E-state index contributed by atoms with van der Waals surface area (Å²) in [4.78, 5) is 0. The van der Waals surface area contributed by atoms with E-state index in [0.717, 1.165) is 0 Å². The molecule has 18 heavy (non-hydrogen) atoms. The minimum absolute atomic E-state index is 0.183. The summed E-state index contributed by atoms with van der Waals surface area (Å²) < 4.78 is 0. The van der Waals surface area contributed by atoms with Crippen LogP contribution >= 0.6 is 0 Å². The maximum absolute atomic E-state index is 5.81. The summed E-state index contributed by atoms with van der Waals surface area (Å²) in [6.45, 7) is 4.30. The molecule has 0 heterocycles. The fourth-order valence-corrected chi connectivity index (χ4v) is 2.77. The van der Waals surface area contributed by atoms with Crippen molar-refractivity contribution in [2.45, 2.75) is 52.0 Å². The topological polar surface area (TPSA) is 38.0 Å². The van der Waals surface area contributed by atoms with E-state index in [0.29, 0.717) is 0 Å². The van der Waals surface area contributed by atoms with Crippen LogP contribution in [0.15, 0.2) is 29.8 Å². The molecule has 1 aliphatic rings. The minimum atomic E-state index is 0.183. The van der Waals surface area contributed by atoms with Crippen LogP contribution in [0.25, 0.3) is 0 Å². The lowest BCUT2D eigenvalue weighted by molar-refractivity contribution is 0.590. The average molecular weight is 244 g/mol. The fraction of sp³-hybridized carbons (Fsp3) is 0.500. The van der Waals surface area contributed by atoms with Crippen LogP contribution in [0.5, 0.6) is 0 Å². The molecule has 0 fully saturated rings. The zero-order chi connectivity index (χ0) is 13.0. The second-order valence-electron chi connectivity index (χ2n) is 5.34. The molecule has 2 nitrogen and oxygen atoms in total. The highest BCUT2D eigenvalue weighted by molar-refractivity contribution is 5.37. The number of hydrogen-bond donors (Lipinski definition) is 2. The summed E-state index contributed by atoms with van der Waals surface area (Å²) >= 11 is 0. The van der Waals surface area contributed by atoms with Gasteiger partial charge in [0.2, 0.25) is 0 Å². The highest BCUT2D eigenvalue weighted by atomic mass is 15.2. The molecule has 0 saturated carbocycles. The summed E-state index contributed by atoms with van der Waals surface area (Å²) in [5, 5.41) is 0. The van der Waals surface area contributed by atoms with Crippen molar-refractivity contribution in [1.82, 2.24) is 5.43 Å². The van der Waals surface area contributed by atoms with Crippen molar-refractivity contribution >= 4 is 0 Å². The van der Waals surface area contributed by atoms with Crippen molar-refractivity contribution in [3.63, 3.8) is 0 Å². The highest BCUT2D eigenvalue weighted by Crippen LogP contribution is 2.30. The van der Waals surface area contributed by atoms with Gasteiger partial charge in [-0.2, -0.15) is 0 Å². The van der Waals surface area contributed by atoms with Gasteiger partial charge >= 0.3 is 0 Å². The van der Waals surface area contributed by atoms with Gasteiger partial charge in [-0.25, -0.2) is 5.43 Å². The number of hydrogen-bond acceptors (Lipinski definition) is 2. The molecule has 0 bridgehead atoms. The minimum Gasteiger partial charge on any atom is -0.271 e. The first-order chi connectivity index (χ1) is 8.72. The number of benzene rings is 1. The predicted molar refractivity (Wildman–Crippen MR) is 77.1 cm³/mol. The molecule has 0 saturated heterocycles. The third-order valence-electron chi connectivity index (χ3n) is 3.86. The standard InChI is InChI=1S/C16H24N2/c1-12-9-10-13(2)15(11-12)16(18-17)14-7-5-3-4-6-8-14/h7,9-11,16,18H,3-6,8,17H2,1-2H3. The smallest absolute Gasteiger partial charge is 0.0672 e. The maximum Gasteiger partial charge on any atom is 0.0672 e. The molecule has 0 amide bonds. The molecular weight excluding hydrogens is 220 g/mol. The van der Waals surface area contributed by atoms with Crippen molar-refractivity contribution in [2.24, 2.45) is 5.84 Å². The highest BCUT2D eigenvalue weighted by Gasteiger charge is 2.18. The molecule has 98 valence electrons. The lowest BCUT2D eigenvalue weighted by Gasteiger charge is -2.22. The largest absolute Gasteiger partial charge is 0.271 e. The van der Waals surface area contributed by atoms with Gasteiger partial charge in [-0.05, 0) is 50.7 Å². The zero-order valence-corrected chi connectivity index (χ0v) is 11.5.